The zero-order valence-electron chi connectivity index (χ0n) is 10.9. The van der Waals surface area contributed by atoms with Gasteiger partial charge in [-0.05, 0) is 24.3 Å². The Balaban J connectivity index is 2.02. The molecule has 0 saturated heterocycles. The van der Waals surface area contributed by atoms with Crippen LogP contribution in [-0.2, 0) is 0 Å². The predicted octanol–water partition coefficient (Wildman–Crippen LogP) is 4.31. The average molecular weight is 315 g/mol. The smallest absolute Gasteiger partial charge is 0.146 e. The molecule has 0 aliphatic carbocycles. The zero-order chi connectivity index (χ0) is 14.8. The Labute approximate surface area is 132 Å². The van der Waals surface area contributed by atoms with E-state index in [1.165, 1.54) is 0 Å². The van der Waals surface area contributed by atoms with Crippen LogP contribution in [0.1, 0.15) is 5.56 Å². The fourth-order valence-corrected chi connectivity index (χ4v) is 2.60. The number of halogens is 1. The van der Waals surface area contributed by atoms with Crippen LogP contribution >= 0.6 is 23.8 Å². The van der Waals surface area contributed by atoms with E-state index in [2.05, 4.69) is 4.98 Å². The van der Waals surface area contributed by atoms with Crippen molar-refractivity contribution >= 4 is 39.7 Å². The summed E-state index contributed by atoms with van der Waals surface area (Å²) in [5.41, 5.74) is 7.15. The number of pyridine rings is 1. The summed E-state index contributed by atoms with van der Waals surface area (Å²) in [5, 5.41) is 1.46. The molecule has 0 saturated carbocycles. The number of nitrogens with zero attached hydrogens (tertiary/aromatic N) is 1. The van der Waals surface area contributed by atoms with Crippen LogP contribution in [0.2, 0.25) is 5.02 Å². The van der Waals surface area contributed by atoms with E-state index < -0.39 is 0 Å². The third-order valence-corrected chi connectivity index (χ3v) is 3.53. The van der Waals surface area contributed by atoms with Crippen LogP contribution in [0.4, 0.5) is 0 Å². The number of nitrogens with two attached hydrogens (primary N) is 1. The topological polar surface area (TPSA) is 48.1 Å². The van der Waals surface area contributed by atoms with Crippen LogP contribution in [0.3, 0.4) is 0 Å². The van der Waals surface area contributed by atoms with E-state index in [4.69, 9.17) is 34.3 Å². The Morgan fingerprint density at radius 3 is 2.76 bits per heavy atom. The second kappa shape index (κ2) is 5.68. The summed E-state index contributed by atoms with van der Waals surface area (Å²) in [6.45, 7) is 0. The molecule has 1 heterocycles. The fraction of sp³-hybridized carbons (Fsp3) is 0. The number of benzene rings is 2. The maximum atomic E-state index is 6.12. The highest BCUT2D eigenvalue weighted by Gasteiger charge is 2.12. The van der Waals surface area contributed by atoms with Gasteiger partial charge in [0.15, 0.2) is 0 Å². The highest BCUT2D eigenvalue weighted by atomic mass is 35.5. The van der Waals surface area contributed by atoms with E-state index in [1.54, 1.807) is 24.4 Å². The van der Waals surface area contributed by atoms with Crippen molar-refractivity contribution in [3.8, 4) is 11.5 Å². The number of hydrogen-bond acceptors (Lipinski definition) is 3. The Bertz CT molecular complexity index is 835. The highest BCUT2D eigenvalue weighted by molar-refractivity contribution is 7.80. The van der Waals surface area contributed by atoms with Gasteiger partial charge < -0.3 is 10.5 Å². The molecule has 0 radical (unpaired) electrons. The maximum absolute atomic E-state index is 6.12. The molecule has 0 spiro atoms. The van der Waals surface area contributed by atoms with Crippen LogP contribution in [0, 0.1) is 0 Å². The monoisotopic (exact) mass is 314 g/mol. The van der Waals surface area contributed by atoms with Crippen molar-refractivity contribution in [1.29, 1.82) is 0 Å². The van der Waals surface area contributed by atoms with Gasteiger partial charge in [0.2, 0.25) is 0 Å². The van der Waals surface area contributed by atoms with Crippen molar-refractivity contribution in [1.82, 2.24) is 4.98 Å². The highest BCUT2D eigenvalue weighted by Crippen LogP contribution is 2.31. The first-order valence-electron chi connectivity index (χ1n) is 6.26. The molecular formula is C16H11ClN2OS. The molecule has 21 heavy (non-hydrogen) atoms. The van der Waals surface area contributed by atoms with E-state index in [0.717, 1.165) is 10.9 Å². The fourth-order valence-electron chi connectivity index (χ4n) is 2.06. The predicted molar refractivity (Wildman–Crippen MR) is 89.2 cm³/mol. The van der Waals surface area contributed by atoms with Crippen molar-refractivity contribution in [3.05, 3.63) is 65.3 Å². The summed E-state index contributed by atoms with van der Waals surface area (Å²) in [7, 11) is 0. The Morgan fingerprint density at radius 1 is 1.14 bits per heavy atom. The van der Waals surface area contributed by atoms with Crippen molar-refractivity contribution < 1.29 is 4.74 Å². The molecule has 0 unspecified atom stereocenters. The van der Waals surface area contributed by atoms with E-state index >= 15 is 0 Å². The normalized spacial score (nSPS) is 10.5. The van der Waals surface area contributed by atoms with Crippen LogP contribution in [0.25, 0.3) is 10.9 Å². The first-order valence-corrected chi connectivity index (χ1v) is 7.05. The van der Waals surface area contributed by atoms with Crippen LogP contribution in [0.15, 0.2) is 54.7 Å². The number of aromatic nitrogens is 1. The lowest BCUT2D eigenvalue weighted by Gasteiger charge is -2.11. The molecule has 2 aromatic carbocycles. The molecule has 3 aromatic rings. The van der Waals surface area contributed by atoms with Crippen molar-refractivity contribution in [3.63, 3.8) is 0 Å². The molecule has 0 atom stereocenters. The SMILES string of the molecule is NC(=S)c1c(Cl)cccc1Oc1cnc2ccccc2c1. The minimum Gasteiger partial charge on any atom is -0.455 e. The number of hydrogen-bond donors (Lipinski definition) is 1. The molecule has 0 amide bonds. The molecule has 3 nitrogen and oxygen atoms in total. The van der Waals surface area contributed by atoms with E-state index in [1.807, 2.05) is 30.3 Å². The van der Waals surface area contributed by atoms with Crippen LogP contribution < -0.4 is 10.5 Å². The molecule has 0 bridgehead atoms. The van der Waals surface area contributed by atoms with Crippen molar-refractivity contribution in [2.75, 3.05) is 0 Å². The van der Waals surface area contributed by atoms with E-state index in [0.29, 0.717) is 22.1 Å². The van der Waals surface area contributed by atoms with Gasteiger partial charge in [-0.3, -0.25) is 4.98 Å². The minimum atomic E-state index is 0.198. The largest absolute Gasteiger partial charge is 0.455 e. The number of ether oxygens (including phenoxy) is 1. The molecule has 1 aromatic heterocycles. The van der Waals surface area contributed by atoms with Crippen molar-refractivity contribution in [2.24, 2.45) is 5.73 Å². The first kappa shape index (κ1) is 13.8. The van der Waals surface area contributed by atoms with Crippen LogP contribution in [-0.4, -0.2) is 9.97 Å². The van der Waals surface area contributed by atoms with Gasteiger partial charge in [-0.1, -0.05) is 48.1 Å². The molecule has 0 fully saturated rings. The Morgan fingerprint density at radius 2 is 1.95 bits per heavy atom. The van der Waals surface area contributed by atoms with Gasteiger partial charge in [0, 0.05) is 5.39 Å². The third kappa shape index (κ3) is 2.82. The van der Waals surface area contributed by atoms with Gasteiger partial charge in [-0.2, -0.15) is 0 Å². The molecular weight excluding hydrogens is 304 g/mol. The summed E-state index contributed by atoms with van der Waals surface area (Å²) in [6, 6.07) is 15.0. The summed E-state index contributed by atoms with van der Waals surface area (Å²) in [6.07, 6.45) is 1.66. The van der Waals surface area contributed by atoms with Gasteiger partial charge >= 0.3 is 0 Å². The minimum absolute atomic E-state index is 0.198. The molecule has 5 heteroatoms. The number of rotatable bonds is 3. The summed E-state index contributed by atoms with van der Waals surface area (Å²) >= 11 is 11.2. The van der Waals surface area contributed by atoms with E-state index in [-0.39, 0.29) is 4.99 Å². The van der Waals surface area contributed by atoms with E-state index in [9.17, 15) is 0 Å². The number of fused-ring (bicyclic) bond motifs is 1. The van der Waals surface area contributed by atoms with Gasteiger partial charge in [0.05, 0.1) is 22.3 Å². The molecule has 0 aliphatic heterocycles. The Kier molecular flexibility index (Phi) is 3.73. The van der Waals surface area contributed by atoms with Gasteiger partial charge in [-0.15, -0.1) is 0 Å². The lowest BCUT2D eigenvalue weighted by Crippen LogP contribution is -2.11. The average Bonchev–Trinajstić information content (AvgIpc) is 2.47. The zero-order valence-corrected chi connectivity index (χ0v) is 12.5. The number of para-hydroxylation sites is 1. The first-order chi connectivity index (χ1) is 10.1. The quantitative estimate of drug-likeness (QED) is 0.732. The summed E-state index contributed by atoms with van der Waals surface area (Å²) in [5.74, 6) is 1.13. The molecule has 0 aliphatic rings. The molecule has 3 rings (SSSR count). The van der Waals surface area contributed by atoms with Crippen molar-refractivity contribution in [2.45, 2.75) is 0 Å². The Hall–Kier alpha value is -2.17. The van der Waals surface area contributed by atoms with Gasteiger partial charge in [-0.25, -0.2) is 0 Å². The summed E-state index contributed by atoms with van der Waals surface area (Å²) in [4.78, 5) is 4.55. The van der Waals surface area contributed by atoms with Crippen LogP contribution in [0.5, 0.6) is 11.5 Å². The second-order valence-corrected chi connectivity index (χ2v) is 5.29. The molecule has 2 N–H and O–H groups in total. The second-order valence-electron chi connectivity index (χ2n) is 4.44. The third-order valence-electron chi connectivity index (χ3n) is 3.01. The standard InChI is InChI=1S/C16H11ClN2OS/c17-12-5-3-7-14(15(12)16(18)21)20-11-8-10-4-1-2-6-13(10)19-9-11/h1-9H,(H2,18,21). The maximum Gasteiger partial charge on any atom is 0.146 e. The lowest BCUT2D eigenvalue weighted by molar-refractivity contribution is 0.480. The van der Waals surface area contributed by atoms with Gasteiger partial charge in [0.25, 0.3) is 0 Å². The lowest BCUT2D eigenvalue weighted by atomic mass is 10.2. The summed E-state index contributed by atoms with van der Waals surface area (Å²) < 4.78 is 5.85. The molecule has 104 valence electrons. The number of thiocarbonyl (C=S) groups is 1. The van der Waals surface area contributed by atoms with Gasteiger partial charge in [0.1, 0.15) is 16.5 Å².